The molecule has 0 aromatic carbocycles. The van der Waals surface area contributed by atoms with Crippen LogP contribution in [0.4, 0.5) is 5.95 Å². The number of primary amides is 1. The molecule has 142 valence electrons. The highest BCUT2D eigenvalue weighted by molar-refractivity contribution is 5.85. The number of nitrogens with zero attached hydrogens (tertiary/aromatic N) is 5. The van der Waals surface area contributed by atoms with Crippen LogP contribution in [0, 0.1) is 0 Å². The zero-order valence-electron chi connectivity index (χ0n) is 15.5. The maximum Gasteiger partial charge on any atom is 0.238 e. The highest BCUT2D eigenvalue weighted by Crippen LogP contribution is 2.32. The minimum absolute atomic E-state index is 0.185. The number of carbonyl (C=O) groups excluding carboxylic acids is 1. The molecule has 2 fully saturated rings. The van der Waals surface area contributed by atoms with Crippen LogP contribution in [0.5, 0.6) is 0 Å². The van der Waals surface area contributed by atoms with Crippen molar-refractivity contribution in [1.82, 2.24) is 19.9 Å². The van der Waals surface area contributed by atoms with E-state index in [1.807, 2.05) is 18.2 Å². The molecule has 0 atom stereocenters. The number of hydrogen-bond acceptors (Lipinski definition) is 6. The van der Waals surface area contributed by atoms with Gasteiger partial charge in [-0.25, -0.2) is 9.97 Å². The molecule has 4 heterocycles. The number of amides is 1. The summed E-state index contributed by atoms with van der Waals surface area (Å²) in [4.78, 5) is 30.1. The van der Waals surface area contributed by atoms with E-state index >= 15 is 0 Å². The average Bonchev–Trinajstić information content (AvgIpc) is 2.75. The molecule has 27 heavy (non-hydrogen) atoms. The zero-order chi connectivity index (χ0) is 18.7. The van der Waals surface area contributed by atoms with Crippen molar-refractivity contribution >= 4 is 11.9 Å². The summed E-state index contributed by atoms with van der Waals surface area (Å²) >= 11 is 0. The molecular weight excluding hydrogens is 340 g/mol. The number of pyridine rings is 1. The number of anilines is 1. The summed E-state index contributed by atoms with van der Waals surface area (Å²) in [5.41, 5.74) is 7.27. The molecule has 7 nitrogen and oxygen atoms in total. The van der Waals surface area contributed by atoms with Crippen LogP contribution in [0.1, 0.15) is 32.1 Å². The third-order valence-corrected chi connectivity index (χ3v) is 5.91. The Bertz CT molecular complexity index is 782. The number of nitrogens with two attached hydrogens (primary N) is 1. The lowest BCUT2D eigenvalue weighted by atomic mass is 9.83. The minimum atomic E-state index is -0.514. The number of aromatic nitrogens is 3. The van der Waals surface area contributed by atoms with E-state index in [4.69, 9.17) is 10.7 Å². The quantitative estimate of drug-likeness (QED) is 0.888. The van der Waals surface area contributed by atoms with E-state index in [2.05, 4.69) is 19.8 Å². The first-order chi connectivity index (χ1) is 13.2. The fourth-order valence-corrected chi connectivity index (χ4v) is 4.30. The molecule has 1 amide bonds. The van der Waals surface area contributed by atoms with Gasteiger partial charge in [0.25, 0.3) is 0 Å². The summed E-state index contributed by atoms with van der Waals surface area (Å²) in [5.74, 6) is 0.525. The molecule has 0 aliphatic carbocycles. The topological polar surface area (TPSA) is 88.2 Å². The fraction of sp³-hybridized carbons (Fsp3) is 0.500. The van der Waals surface area contributed by atoms with Crippen LogP contribution in [-0.2, 0) is 4.79 Å². The molecule has 2 aliphatic heterocycles. The van der Waals surface area contributed by atoms with Crippen molar-refractivity contribution in [2.45, 2.75) is 37.6 Å². The Morgan fingerprint density at radius 2 is 1.67 bits per heavy atom. The van der Waals surface area contributed by atoms with Crippen molar-refractivity contribution in [1.29, 1.82) is 0 Å². The average molecular weight is 366 g/mol. The van der Waals surface area contributed by atoms with Gasteiger partial charge in [-0.05, 0) is 57.0 Å². The van der Waals surface area contributed by atoms with Gasteiger partial charge >= 0.3 is 0 Å². The Balaban J connectivity index is 1.51. The molecule has 0 unspecified atom stereocenters. The lowest BCUT2D eigenvalue weighted by Crippen LogP contribution is -2.63. The predicted molar refractivity (Wildman–Crippen MR) is 104 cm³/mol. The van der Waals surface area contributed by atoms with Crippen LogP contribution in [0.15, 0.2) is 36.8 Å². The molecule has 0 saturated carbocycles. The maximum absolute atomic E-state index is 12.4. The molecule has 2 N–H and O–H groups in total. The van der Waals surface area contributed by atoms with E-state index in [0.717, 1.165) is 63.1 Å². The van der Waals surface area contributed by atoms with E-state index in [1.165, 1.54) is 6.42 Å². The summed E-state index contributed by atoms with van der Waals surface area (Å²) in [7, 11) is 0. The van der Waals surface area contributed by atoms with Gasteiger partial charge in [0.2, 0.25) is 11.9 Å². The highest BCUT2D eigenvalue weighted by atomic mass is 16.1. The monoisotopic (exact) mass is 366 g/mol. The smallest absolute Gasteiger partial charge is 0.238 e. The normalized spacial score (nSPS) is 20.4. The molecule has 7 heteroatoms. The van der Waals surface area contributed by atoms with Crippen molar-refractivity contribution in [2.75, 3.05) is 31.1 Å². The SMILES string of the molecule is NC(=O)C1(N2CCCCC2)CCN(c2nccc(-c3ccncc3)n2)CC1. The molecule has 2 aromatic heterocycles. The number of likely N-dealkylation sites (tertiary alicyclic amines) is 1. The second kappa shape index (κ2) is 7.60. The van der Waals surface area contributed by atoms with E-state index < -0.39 is 5.54 Å². The Labute approximate surface area is 159 Å². The van der Waals surface area contributed by atoms with Gasteiger partial charge in [-0.2, -0.15) is 0 Å². The van der Waals surface area contributed by atoms with Gasteiger partial charge in [-0.3, -0.25) is 14.7 Å². The Hall–Kier alpha value is -2.54. The molecular formula is C20H26N6O. The van der Waals surface area contributed by atoms with Gasteiger partial charge < -0.3 is 10.6 Å². The third kappa shape index (κ3) is 3.51. The standard InChI is InChI=1S/C20H26N6O/c21-18(27)20(26-12-2-1-3-13-26)7-14-25(15-8-20)19-23-11-6-17(24-19)16-4-9-22-10-5-16/h4-6,9-11H,1-3,7-8,12-15H2,(H2,21,27). The molecule has 0 spiro atoms. The van der Waals surface area contributed by atoms with Gasteiger partial charge in [0.05, 0.1) is 5.69 Å². The number of piperidine rings is 2. The van der Waals surface area contributed by atoms with Crippen LogP contribution < -0.4 is 10.6 Å². The van der Waals surface area contributed by atoms with Crippen molar-refractivity contribution in [2.24, 2.45) is 5.73 Å². The molecule has 2 aromatic rings. The Morgan fingerprint density at radius 1 is 0.963 bits per heavy atom. The Kier molecular flexibility index (Phi) is 5.03. The van der Waals surface area contributed by atoms with Gasteiger partial charge in [0.1, 0.15) is 5.54 Å². The second-order valence-corrected chi connectivity index (χ2v) is 7.41. The number of hydrogen-bond donors (Lipinski definition) is 1. The Morgan fingerprint density at radius 3 is 2.33 bits per heavy atom. The molecule has 2 aliphatic rings. The predicted octanol–water partition coefficient (Wildman–Crippen LogP) is 1.85. The van der Waals surface area contributed by atoms with E-state index in [1.54, 1.807) is 18.6 Å². The first-order valence-electron chi connectivity index (χ1n) is 9.72. The zero-order valence-corrected chi connectivity index (χ0v) is 15.5. The fourth-order valence-electron chi connectivity index (χ4n) is 4.30. The van der Waals surface area contributed by atoms with Crippen LogP contribution in [-0.4, -0.2) is 57.5 Å². The summed E-state index contributed by atoms with van der Waals surface area (Å²) in [6, 6.07) is 5.79. The maximum atomic E-state index is 12.4. The van der Waals surface area contributed by atoms with Gasteiger partial charge in [-0.15, -0.1) is 0 Å². The highest BCUT2D eigenvalue weighted by Gasteiger charge is 2.45. The third-order valence-electron chi connectivity index (χ3n) is 5.91. The van der Waals surface area contributed by atoms with Crippen molar-refractivity contribution in [3.8, 4) is 11.3 Å². The van der Waals surface area contributed by atoms with E-state index in [-0.39, 0.29) is 5.91 Å². The number of rotatable bonds is 4. The lowest BCUT2D eigenvalue weighted by molar-refractivity contribution is -0.132. The van der Waals surface area contributed by atoms with Gasteiger partial charge in [0.15, 0.2) is 0 Å². The lowest BCUT2D eigenvalue weighted by Gasteiger charge is -2.48. The van der Waals surface area contributed by atoms with Crippen LogP contribution in [0.25, 0.3) is 11.3 Å². The summed E-state index contributed by atoms with van der Waals surface area (Å²) in [6.07, 6.45) is 10.3. The van der Waals surface area contributed by atoms with E-state index in [0.29, 0.717) is 5.95 Å². The molecule has 4 rings (SSSR count). The van der Waals surface area contributed by atoms with Crippen molar-refractivity contribution < 1.29 is 4.79 Å². The minimum Gasteiger partial charge on any atom is -0.368 e. The van der Waals surface area contributed by atoms with Gasteiger partial charge in [0, 0.05) is 37.2 Å². The first-order valence-corrected chi connectivity index (χ1v) is 9.72. The summed E-state index contributed by atoms with van der Waals surface area (Å²) in [6.45, 7) is 3.41. The second-order valence-electron chi connectivity index (χ2n) is 7.41. The molecule has 2 saturated heterocycles. The van der Waals surface area contributed by atoms with E-state index in [9.17, 15) is 4.79 Å². The molecule has 0 radical (unpaired) electrons. The van der Waals surface area contributed by atoms with Crippen LogP contribution in [0.3, 0.4) is 0 Å². The number of carbonyl (C=O) groups is 1. The van der Waals surface area contributed by atoms with Crippen LogP contribution >= 0.6 is 0 Å². The van der Waals surface area contributed by atoms with Gasteiger partial charge in [-0.1, -0.05) is 6.42 Å². The van der Waals surface area contributed by atoms with Crippen LogP contribution in [0.2, 0.25) is 0 Å². The summed E-state index contributed by atoms with van der Waals surface area (Å²) < 4.78 is 0. The van der Waals surface area contributed by atoms with Crippen molar-refractivity contribution in [3.05, 3.63) is 36.8 Å². The molecule has 0 bridgehead atoms. The summed E-state index contributed by atoms with van der Waals surface area (Å²) in [5, 5.41) is 0. The van der Waals surface area contributed by atoms with Crippen molar-refractivity contribution in [3.63, 3.8) is 0 Å². The first kappa shape index (κ1) is 17.9. The largest absolute Gasteiger partial charge is 0.368 e.